The molecule has 21 heavy (non-hydrogen) atoms. The smallest absolute Gasteiger partial charge is 0.300 e. The largest absolute Gasteiger partial charge is 0.328 e. The normalized spacial score (nSPS) is 11.0. The highest BCUT2D eigenvalue weighted by molar-refractivity contribution is 7.91. The average molecular weight is 305 g/mol. The van der Waals surface area contributed by atoms with Crippen LogP contribution in [0.2, 0.25) is 0 Å². The standard InChI is InChI=1S/C13H11N3O4S/c14-9-10-1-3-11(4-2-10)21(19,20)8-7-16-6-5-12(17)15-13(16)18/h1-6H,7-8H2,(H,15,17,18). The van der Waals surface area contributed by atoms with Crippen LogP contribution < -0.4 is 11.2 Å². The van der Waals surface area contributed by atoms with E-state index in [1.54, 1.807) is 0 Å². The van der Waals surface area contributed by atoms with Gasteiger partial charge in [-0.05, 0) is 24.3 Å². The van der Waals surface area contributed by atoms with Crippen LogP contribution in [-0.4, -0.2) is 23.7 Å². The number of benzene rings is 1. The highest BCUT2D eigenvalue weighted by atomic mass is 32.2. The van der Waals surface area contributed by atoms with Crippen molar-refractivity contribution in [3.63, 3.8) is 0 Å². The zero-order valence-corrected chi connectivity index (χ0v) is 11.6. The van der Waals surface area contributed by atoms with Crippen molar-refractivity contribution in [2.45, 2.75) is 11.4 Å². The molecule has 0 atom stereocenters. The Labute approximate surface area is 120 Å². The first-order valence-corrected chi connectivity index (χ1v) is 7.60. The summed E-state index contributed by atoms with van der Waals surface area (Å²) in [5.41, 5.74) is -0.825. The Bertz CT molecular complexity index is 902. The van der Waals surface area contributed by atoms with Crippen LogP contribution in [0, 0.1) is 11.3 Å². The van der Waals surface area contributed by atoms with Crippen LogP contribution in [0.3, 0.4) is 0 Å². The van der Waals surface area contributed by atoms with E-state index >= 15 is 0 Å². The molecule has 0 aliphatic carbocycles. The first kappa shape index (κ1) is 14.7. The fourth-order valence-corrected chi connectivity index (χ4v) is 2.92. The topological polar surface area (TPSA) is 113 Å². The molecule has 0 saturated heterocycles. The number of nitriles is 1. The minimum absolute atomic E-state index is 0.0715. The highest BCUT2D eigenvalue weighted by Gasteiger charge is 2.14. The Hall–Kier alpha value is -2.66. The Morgan fingerprint density at radius 1 is 1.14 bits per heavy atom. The molecule has 0 aliphatic heterocycles. The number of rotatable bonds is 4. The van der Waals surface area contributed by atoms with E-state index in [1.165, 1.54) is 30.5 Å². The minimum Gasteiger partial charge on any atom is -0.300 e. The molecule has 108 valence electrons. The molecule has 0 aliphatic rings. The van der Waals surface area contributed by atoms with Gasteiger partial charge in [0.15, 0.2) is 9.84 Å². The molecular formula is C13H11N3O4S. The van der Waals surface area contributed by atoms with E-state index in [-0.39, 0.29) is 17.2 Å². The molecule has 1 aromatic heterocycles. The molecule has 8 heteroatoms. The van der Waals surface area contributed by atoms with Gasteiger partial charge in [0.05, 0.1) is 22.3 Å². The van der Waals surface area contributed by atoms with E-state index < -0.39 is 21.1 Å². The molecule has 2 rings (SSSR count). The van der Waals surface area contributed by atoms with E-state index in [9.17, 15) is 18.0 Å². The van der Waals surface area contributed by atoms with Crippen LogP contribution in [-0.2, 0) is 16.4 Å². The third-order valence-electron chi connectivity index (χ3n) is 2.84. The third kappa shape index (κ3) is 3.46. The lowest BCUT2D eigenvalue weighted by Crippen LogP contribution is -2.30. The van der Waals surface area contributed by atoms with E-state index in [0.29, 0.717) is 5.56 Å². The van der Waals surface area contributed by atoms with E-state index in [0.717, 1.165) is 10.6 Å². The van der Waals surface area contributed by atoms with Crippen molar-refractivity contribution >= 4 is 9.84 Å². The lowest BCUT2D eigenvalue weighted by atomic mass is 10.2. The number of aromatic amines is 1. The summed E-state index contributed by atoms with van der Waals surface area (Å²) in [5.74, 6) is -0.287. The maximum Gasteiger partial charge on any atom is 0.328 e. The molecular weight excluding hydrogens is 294 g/mol. The second-order valence-electron chi connectivity index (χ2n) is 4.26. The van der Waals surface area contributed by atoms with Crippen LogP contribution >= 0.6 is 0 Å². The molecule has 2 aromatic rings. The number of aryl methyl sites for hydroxylation is 1. The van der Waals surface area contributed by atoms with E-state index in [1.807, 2.05) is 6.07 Å². The van der Waals surface area contributed by atoms with Crippen LogP contribution in [0.15, 0.2) is 51.0 Å². The zero-order chi connectivity index (χ0) is 15.5. The predicted octanol–water partition coefficient (Wildman–Crippen LogP) is -0.118. The molecule has 0 unspecified atom stereocenters. The molecule has 1 N–H and O–H groups in total. The van der Waals surface area contributed by atoms with Gasteiger partial charge in [-0.3, -0.25) is 14.3 Å². The summed E-state index contributed by atoms with van der Waals surface area (Å²) in [6.45, 7) is -0.0715. The molecule has 1 heterocycles. The maximum absolute atomic E-state index is 12.1. The van der Waals surface area contributed by atoms with Crippen molar-refractivity contribution in [1.82, 2.24) is 9.55 Å². The second kappa shape index (κ2) is 5.76. The van der Waals surface area contributed by atoms with Crippen molar-refractivity contribution in [3.8, 4) is 6.07 Å². The van der Waals surface area contributed by atoms with Gasteiger partial charge in [0.1, 0.15) is 0 Å². The molecule has 7 nitrogen and oxygen atoms in total. The van der Waals surface area contributed by atoms with Crippen molar-refractivity contribution in [2.24, 2.45) is 0 Å². The Morgan fingerprint density at radius 3 is 2.38 bits per heavy atom. The zero-order valence-electron chi connectivity index (χ0n) is 10.8. The van der Waals surface area contributed by atoms with Gasteiger partial charge in [-0.1, -0.05) is 0 Å². The minimum atomic E-state index is -3.57. The molecule has 0 saturated carbocycles. The lowest BCUT2D eigenvalue weighted by molar-refractivity contribution is 0.585. The molecule has 1 aromatic carbocycles. The first-order chi connectivity index (χ1) is 9.92. The van der Waals surface area contributed by atoms with Crippen molar-refractivity contribution in [3.05, 3.63) is 62.9 Å². The Morgan fingerprint density at radius 2 is 1.81 bits per heavy atom. The van der Waals surface area contributed by atoms with E-state index in [4.69, 9.17) is 5.26 Å². The Kier molecular flexibility index (Phi) is 4.05. The maximum atomic E-state index is 12.1. The number of sulfone groups is 1. The lowest BCUT2D eigenvalue weighted by Gasteiger charge is -2.06. The van der Waals surface area contributed by atoms with Crippen molar-refractivity contribution < 1.29 is 8.42 Å². The summed E-state index contributed by atoms with van der Waals surface area (Å²) < 4.78 is 25.3. The molecule has 0 radical (unpaired) electrons. The fraction of sp³-hybridized carbons (Fsp3) is 0.154. The van der Waals surface area contributed by atoms with Gasteiger partial charge in [-0.2, -0.15) is 5.26 Å². The second-order valence-corrected chi connectivity index (χ2v) is 6.37. The van der Waals surface area contributed by atoms with Gasteiger partial charge in [0.2, 0.25) is 0 Å². The average Bonchev–Trinajstić information content (AvgIpc) is 2.46. The van der Waals surface area contributed by atoms with Gasteiger partial charge in [0, 0.05) is 18.8 Å². The van der Waals surface area contributed by atoms with E-state index in [2.05, 4.69) is 4.98 Å². The van der Waals surface area contributed by atoms with Crippen LogP contribution in [0.25, 0.3) is 0 Å². The number of hydrogen-bond acceptors (Lipinski definition) is 5. The van der Waals surface area contributed by atoms with Crippen LogP contribution in [0.5, 0.6) is 0 Å². The first-order valence-electron chi connectivity index (χ1n) is 5.95. The van der Waals surface area contributed by atoms with Gasteiger partial charge in [-0.15, -0.1) is 0 Å². The summed E-state index contributed by atoms with van der Waals surface area (Å²) in [7, 11) is -3.57. The monoisotopic (exact) mass is 305 g/mol. The quantitative estimate of drug-likeness (QED) is 0.846. The van der Waals surface area contributed by atoms with Crippen molar-refractivity contribution in [1.29, 1.82) is 5.26 Å². The number of nitrogens with one attached hydrogen (secondary N) is 1. The number of hydrogen-bond donors (Lipinski definition) is 1. The summed E-state index contributed by atoms with van der Waals surface area (Å²) in [6.07, 6.45) is 1.25. The summed E-state index contributed by atoms with van der Waals surface area (Å²) >= 11 is 0. The summed E-state index contributed by atoms with van der Waals surface area (Å²) in [4.78, 5) is 24.5. The highest BCUT2D eigenvalue weighted by Crippen LogP contribution is 2.12. The predicted molar refractivity (Wildman–Crippen MR) is 74.5 cm³/mol. The number of H-pyrrole nitrogens is 1. The number of aromatic nitrogens is 2. The summed E-state index contributed by atoms with van der Waals surface area (Å²) in [5, 5.41) is 8.67. The van der Waals surface area contributed by atoms with Gasteiger partial charge < -0.3 is 0 Å². The van der Waals surface area contributed by atoms with Gasteiger partial charge in [0.25, 0.3) is 5.56 Å². The molecule has 0 spiro atoms. The molecule has 0 amide bonds. The van der Waals surface area contributed by atoms with Gasteiger partial charge in [-0.25, -0.2) is 13.2 Å². The van der Waals surface area contributed by atoms with Crippen molar-refractivity contribution in [2.75, 3.05) is 5.75 Å². The Balaban J connectivity index is 2.19. The van der Waals surface area contributed by atoms with Crippen LogP contribution in [0.1, 0.15) is 5.56 Å². The molecule has 0 bridgehead atoms. The fourth-order valence-electron chi connectivity index (χ4n) is 1.69. The number of nitrogens with zero attached hydrogens (tertiary/aromatic N) is 2. The van der Waals surface area contributed by atoms with Crippen LogP contribution in [0.4, 0.5) is 0 Å². The SMILES string of the molecule is N#Cc1ccc(S(=O)(=O)CCn2ccc(=O)[nH]c2=O)cc1. The summed E-state index contributed by atoms with van der Waals surface area (Å²) in [6, 6.07) is 8.58. The third-order valence-corrected chi connectivity index (χ3v) is 4.55. The molecule has 0 fully saturated rings. The van der Waals surface area contributed by atoms with Gasteiger partial charge >= 0.3 is 5.69 Å².